The molecule has 0 aromatic carbocycles. The maximum Gasteiger partial charge on any atom is 0.322 e. The molecule has 1 fully saturated rings. The summed E-state index contributed by atoms with van der Waals surface area (Å²) < 4.78 is 26.0. The Bertz CT molecular complexity index is 314. The molecule has 0 bridgehead atoms. The van der Waals surface area contributed by atoms with E-state index < -0.39 is 22.2 Å². The molecule has 0 unspecified atom stereocenters. The fraction of sp³-hybridized carbons (Fsp3) is 0.857. The van der Waals surface area contributed by atoms with Crippen LogP contribution in [0.5, 0.6) is 0 Å². The Hall–Kier alpha value is -0.660. The van der Waals surface area contributed by atoms with Crippen molar-refractivity contribution in [2.75, 3.05) is 13.6 Å². The van der Waals surface area contributed by atoms with E-state index in [4.69, 9.17) is 5.11 Å². The molecule has 82 valence electrons. The van der Waals surface area contributed by atoms with E-state index in [9.17, 15) is 13.2 Å². The van der Waals surface area contributed by atoms with Crippen molar-refractivity contribution in [2.45, 2.75) is 25.3 Å². The fourth-order valence-corrected chi connectivity index (χ4v) is 2.69. The van der Waals surface area contributed by atoms with Gasteiger partial charge in [-0.05, 0) is 19.3 Å². The van der Waals surface area contributed by atoms with Gasteiger partial charge in [-0.15, -0.1) is 0 Å². The molecule has 7 heteroatoms. The topological polar surface area (TPSA) is 86.7 Å². The highest BCUT2D eigenvalue weighted by atomic mass is 32.2. The third-order valence-electron chi connectivity index (χ3n) is 2.31. The average Bonchev–Trinajstić information content (AvgIpc) is 2.18. The first-order chi connectivity index (χ1) is 6.49. The lowest BCUT2D eigenvalue weighted by Crippen LogP contribution is -2.51. The molecule has 0 amide bonds. The van der Waals surface area contributed by atoms with Crippen LogP contribution in [0.25, 0.3) is 0 Å². The number of rotatable bonds is 3. The van der Waals surface area contributed by atoms with Crippen LogP contribution in [0.3, 0.4) is 0 Å². The molecule has 0 radical (unpaired) electrons. The van der Waals surface area contributed by atoms with E-state index >= 15 is 0 Å². The summed E-state index contributed by atoms with van der Waals surface area (Å²) in [5.41, 5.74) is 0. The summed E-state index contributed by atoms with van der Waals surface area (Å²) in [7, 11) is -2.33. The minimum absolute atomic E-state index is 0.278. The van der Waals surface area contributed by atoms with E-state index in [1.165, 1.54) is 7.05 Å². The quantitative estimate of drug-likeness (QED) is 0.667. The molecule has 14 heavy (non-hydrogen) atoms. The number of piperidine rings is 1. The number of nitrogens with one attached hydrogen (secondary N) is 1. The Morgan fingerprint density at radius 2 is 2.14 bits per heavy atom. The van der Waals surface area contributed by atoms with Gasteiger partial charge >= 0.3 is 5.97 Å². The van der Waals surface area contributed by atoms with Crippen LogP contribution < -0.4 is 4.72 Å². The first-order valence-corrected chi connectivity index (χ1v) is 5.86. The standard InChI is InChI=1S/C7H14N2O4S/c1-8-14(12,13)9-5-3-2-4-6(9)7(10)11/h6,8H,2-5H2,1H3,(H,10,11)/t6-/m1/s1. The predicted octanol–water partition coefficient (Wildman–Crippen LogP) is -0.610. The predicted molar refractivity (Wildman–Crippen MR) is 50.0 cm³/mol. The molecular formula is C7H14N2O4S. The first kappa shape index (κ1) is 11.4. The second-order valence-electron chi connectivity index (χ2n) is 3.17. The summed E-state index contributed by atoms with van der Waals surface area (Å²) in [6.45, 7) is 0.278. The molecule has 1 saturated heterocycles. The molecule has 0 aromatic heterocycles. The third-order valence-corrected chi connectivity index (χ3v) is 3.88. The summed E-state index contributed by atoms with van der Waals surface area (Å²) in [5.74, 6) is -1.08. The van der Waals surface area contributed by atoms with Crippen LogP contribution in [0.4, 0.5) is 0 Å². The van der Waals surface area contributed by atoms with Crippen LogP contribution in [0, 0.1) is 0 Å². The molecular weight excluding hydrogens is 208 g/mol. The van der Waals surface area contributed by atoms with Crippen molar-refractivity contribution in [1.82, 2.24) is 9.03 Å². The van der Waals surface area contributed by atoms with Gasteiger partial charge in [-0.25, -0.2) is 4.72 Å². The van der Waals surface area contributed by atoms with Crippen LogP contribution in [-0.4, -0.2) is 43.4 Å². The summed E-state index contributed by atoms with van der Waals surface area (Å²) >= 11 is 0. The monoisotopic (exact) mass is 222 g/mol. The van der Waals surface area contributed by atoms with Crippen LogP contribution in [0.1, 0.15) is 19.3 Å². The van der Waals surface area contributed by atoms with E-state index in [0.29, 0.717) is 12.8 Å². The minimum atomic E-state index is -3.61. The van der Waals surface area contributed by atoms with Crippen molar-refractivity contribution in [3.8, 4) is 0 Å². The molecule has 1 rings (SSSR count). The normalized spacial score (nSPS) is 24.8. The fourth-order valence-electron chi connectivity index (χ4n) is 1.56. The second-order valence-corrected chi connectivity index (χ2v) is 5.00. The van der Waals surface area contributed by atoms with Crippen LogP contribution >= 0.6 is 0 Å². The molecule has 0 spiro atoms. The molecule has 1 aliphatic rings. The Labute approximate surface area is 83.1 Å². The lowest BCUT2D eigenvalue weighted by molar-refractivity contribution is -0.142. The lowest BCUT2D eigenvalue weighted by atomic mass is 10.1. The SMILES string of the molecule is CNS(=O)(=O)N1CCCC[C@@H]1C(=O)O. The molecule has 1 aliphatic heterocycles. The molecule has 1 heterocycles. The number of carbonyl (C=O) groups is 1. The van der Waals surface area contributed by atoms with Crippen molar-refractivity contribution < 1.29 is 18.3 Å². The molecule has 6 nitrogen and oxygen atoms in total. The zero-order valence-corrected chi connectivity index (χ0v) is 8.75. The number of nitrogens with zero attached hydrogens (tertiary/aromatic N) is 1. The zero-order valence-electron chi connectivity index (χ0n) is 7.93. The minimum Gasteiger partial charge on any atom is -0.480 e. The van der Waals surface area contributed by atoms with Gasteiger partial charge in [0.2, 0.25) is 0 Å². The highest BCUT2D eigenvalue weighted by Crippen LogP contribution is 2.19. The Morgan fingerprint density at radius 1 is 1.50 bits per heavy atom. The van der Waals surface area contributed by atoms with Gasteiger partial charge in [0.05, 0.1) is 0 Å². The molecule has 0 saturated carbocycles. The number of carboxylic acid groups (broad SMARTS) is 1. The van der Waals surface area contributed by atoms with Crippen molar-refractivity contribution in [3.05, 3.63) is 0 Å². The number of hydrogen-bond donors (Lipinski definition) is 2. The molecule has 0 aliphatic carbocycles. The molecule has 1 atom stereocenters. The van der Waals surface area contributed by atoms with Gasteiger partial charge in [0.25, 0.3) is 10.2 Å². The first-order valence-electron chi connectivity index (χ1n) is 4.42. The third kappa shape index (κ3) is 2.23. The van der Waals surface area contributed by atoms with Gasteiger partial charge in [0.1, 0.15) is 6.04 Å². The second kappa shape index (κ2) is 4.24. The van der Waals surface area contributed by atoms with Gasteiger partial charge < -0.3 is 5.11 Å². The maximum atomic E-state index is 11.4. The summed E-state index contributed by atoms with van der Waals surface area (Å²) in [4.78, 5) is 10.8. The largest absolute Gasteiger partial charge is 0.480 e. The summed E-state index contributed by atoms with van der Waals surface area (Å²) in [5, 5.41) is 8.83. The highest BCUT2D eigenvalue weighted by molar-refractivity contribution is 7.87. The molecule has 0 aromatic rings. The number of carboxylic acids is 1. The van der Waals surface area contributed by atoms with Gasteiger partial charge in [-0.1, -0.05) is 0 Å². The smallest absolute Gasteiger partial charge is 0.322 e. The van der Waals surface area contributed by atoms with E-state index in [1.807, 2.05) is 0 Å². The van der Waals surface area contributed by atoms with Gasteiger partial charge in [0, 0.05) is 13.6 Å². The average molecular weight is 222 g/mol. The Morgan fingerprint density at radius 3 is 2.64 bits per heavy atom. The van der Waals surface area contributed by atoms with Crippen LogP contribution in [0.2, 0.25) is 0 Å². The zero-order chi connectivity index (χ0) is 10.8. The van der Waals surface area contributed by atoms with E-state index in [0.717, 1.165) is 10.7 Å². The maximum absolute atomic E-state index is 11.4. The van der Waals surface area contributed by atoms with Crippen molar-refractivity contribution >= 4 is 16.2 Å². The van der Waals surface area contributed by atoms with Crippen molar-refractivity contribution in [2.24, 2.45) is 0 Å². The lowest BCUT2D eigenvalue weighted by Gasteiger charge is -2.31. The summed E-state index contributed by atoms with van der Waals surface area (Å²) in [6.07, 6.45) is 1.85. The summed E-state index contributed by atoms with van der Waals surface area (Å²) in [6, 6.07) is -0.916. The Balaban J connectivity index is 2.88. The van der Waals surface area contributed by atoms with Crippen LogP contribution in [0.15, 0.2) is 0 Å². The Kier molecular flexibility index (Phi) is 3.46. The van der Waals surface area contributed by atoms with Crippen LogP contribution in [-0.2, 0) is 15.0 Å². The number of hydrogen-bond acceptors (Lipinski definition) is 3. The van der Waals surface area contributed by atoms with Gasteiger partial charge in [-0.2, -0.15) is 12.7 Å². The van der Waals surface area contributed by atoms with Gasteiger partial charge in [-0.3, -0.25) is 4.79 Å². The van der Waals surface area contributed by atoms with Crippen molar-refractivity contribution in [1.29, 1.82) is 0 Å². The van der Waals surface area contributed by atoms with E-state index in [-0.39, 0.29) is 6.54 Å². The van der Waals surface area contributed by atoms with E-state index in [1.54, 1.807) is 0 Å². The van der Waals surface area contributed by atoms with Crippen molar-refractivity contribution in [3.63, 3.8) is 0 Å². The highest BCUT2D eigenvalue weighted by Gasteiger charge is 2.35. The number of aliphatic carboxylic acids is 1. The van der Waals surface area contributed by atoms with E-state index in [2.05, 4.69) is 4.72 Å². The van der Waals surface area contributed by atoms with Gasteiger partial charge in [0.15, 0.2) is 0 Å². The molecule has 2 N–H and O–H groups in total.